The first-order chi connectivity index (χ1) is 13.7. The van der Waals surface area contributed by atoms with E-state index < -0.39 is 47.8 Å². The third-order valence-corrected chi connectivity index (χ3v) is 5.78. The number of rotatable bonds is 7. The van der Waals surface area contributed by atoms with E-state index in [1.54, 1.807) is 0 Å². The Labute approximate surface area is 169 Å². The molecular formula is C18H19N3O7S. The summed E-state index contributed by atoms with van der Waals surface area (Å²) < 4.78 is 5.02. The van der Waals surface area contributed by atoms with Crippen LogP contribution in [-0.2, 0) is 19.2 Å². The number of carboxylic acids is 2. The predicted molar refractivity (Wildman–Crippen MR) is 102 cm³/mol. The molecular weight excluding hydrogens is 402 g/mol. The Morgan fingerprint density at radius 3 is 2.52 bits per heavy atom. The number of carbonyl (C=O) groups is 4. The Bertz CT molecular complexity index is 886. The van der Waals surface area contributed by atoms with Gasteiger partial charge in [-0.05, 0) is 30.7 Å². The lowest BCUT2D eigenvalue weighted by atomic mass is 10.0. The van der Waals surface area contributed by atoms with Crippen molar-refractivity contribution in [2.24, 2.45) is 5.73 Å². The monoisotopic (exact) mass is 421 g/mol. The summed E-state index contributed by atoms with van der Waals surface area (Å²) in [5.41, 5.74) is 6.33. The molecule has 1 aromatic carbocycles. The van der Waals surface area contributed by atoms with E-state index in [9.17, 15) is 24.3 Å². The zero-order chi connectivity index (χ0) is 21.3. The maximum Gasteiger partial charge on any atom is 0.352 e. The number of β-lactam (4-membered cyclic amide) rings is 1. The first-order valence-electron chi connectivity index (χ1n) is 8.63. The highest BCUT2D eigenvalue weighted by atomic mass is 32.2. The number of carboxylic acid groups (broad SMARTS) is 2. The Balaban J connectivity index is 1.63. The quantitative estimate of drug-likeness (QED) is 0.441. The lowest BCUT2D eigenvalue weighted by Gasteiger charge is -2.49. The summed E-state index contributed by atoms with van der Waals surface area (Å²) in [6, 6.07) is 4.11. The van der Waals surface area contributed by atoms with Crippen LogP contribution in [-0.4, -0.2) is 62.1 Å². The molecule has 10 nitrogen and oxygen atoms in total. The molecule has 1 saturated heterocycles. The first-order valence-corrected chi connectivity index (χ1v) is 9.57. The van der Waals surface area contributed by atoms with Crippen LogP contribution in [0, 0.1) is 0 Å². The van der Waals surface area contributed by atoms with E-state index in [2.05, 4.69) is 5.32 Å². The van der Waals surface area contributed by atoms with Crippen LogP contribution >= 0.6 is 11.8 Å². The lowest BCUT2D eigenvalue weighted by Crippen LogP contribution is -2.71. The Morgan fingerprint density at radius 1 is 1.28 bits per heavy atom. The predicted octanol–water partition coefficient (Wildman–Crippen LogP) is -0.0933. The van der Waals surface area contributed by atoms with E-state index in [0.717, 1.165) is 4.90 Å². The maximum atomic E-state index is 12.5. The number of aliphatic carboxylic acids is 2. The summed E-state index contributed by atoms with van der Waals surface area (Å²) in [7, 11) is 0. The smallest absolute Gasteiger partial charge is 0.352 e. The normalized spacial score (nSPS) is 23.9. The molecule has 0 aromatic heterocycles. The summed E-state index contributed by atoms with van der Waals surface area (Å²) in [5.74, 6) is -3.07. The standard InChI is InChI=1S/C18H19N3O7S/c1-8-6-11(18(26)27)21-16(25)14(17(21)29-8)20-15(24)13(19)9-2-4-10(5-3-9)28-7-12(22)23/h2-6,8,13-14,17H,7,19H2,1H3,(H,20,24)(H,22,23)(H,26,27)/t8?,13?,14?,17-/m0/s1. The van der Waals surface area contributed by atoms with Gasteiger partial charge in [-0.15, -0.1) is 11.8 Å². The largest absolute Gasteiger partial charge is 0.482 e. The second kappa shape index (κ2) is 8.13. The summed E-state index contributed by atoms with van der Waals surface area (Å²) in [6.45, 7) is 1.32. The van der Waals surface area contributed by atoms with Crippen molar-refractivity contribution in [3.8, 4) is 5.75 Å². The van der Waals surface area contributed by atoms with Crippen molar-refractivity contribution in [2.45, 2.75) is 29.6 Å². The molecule has 11 heteroatoms. The third-order valence-electron chi connectivity index (χ3n) is 4.45. The minimum Gasteiger partial charge on any atom is -0.482 e. The average molecular weight is 421 g/mol. The molecule has 2 heterocycles. The fourth-order valence-corrected chi connectivity index (χ4v) is 4.37. The van der Waals surface area contributed by atoms with Crippen molar-refractivity contribution < 1.29 is 34.1 Å². The molecule has 4 atom stereocenters. The molecule has 3 unspecified atom stereocenters. The first kappa shape index (κ1) is 20.7. The summed E-state index contributed by atoms with van der Waals surface area (Å²) in [4.78, 5) is 47.9. The van der Waals surface area contributed by atoms with Crippen LogP contribution in [0.5, 0.6) is 5.75 Å². The molecule has 0 aliphatic carbocycles. The van der Waals surface area contributed by atoms with Crippen LogP contribution in [0.3, 0.4) is 0 Å². The molecule has 5 N–H and O–H groups in total. The molecule has 0 saturated carbocycles. The van der Waals surface area contributed by atoms with E-state index in [1.165, 1.54) is 42.1 Å². The van der Waals surface area contributed by atoms with Crippen molar-refractivity contribution in [3.05, 3.63) is 41.6 Å². The molecule has 0 spiro atoms. The number of nitrogens with one attached hydrogen (secondary N) is 1. The van der Waals surface area contributed by atoms with Gasteiger partial charge < -0.3 is 26.0 Å². The van der Waals surface area contributed by atoms with Gasteiger partial charge in [0.1, 0.15) is 28.9 Å². The third kappa shape index (κ3) is 4.20. The molecule has 1 fully saturated rings. The molecule has 2 aliphatic heterocycles. The average Bonchev–Trinajstić information content (AvgIpc) is 2.69. The molecule has 0 bridgehead atoms. The Morgan fingerprint density at radius 2 is 1.93 bits per heavy atom. The summed E-state index contributed by atoms with van der Waals surface area (Å²) in [5, 5.41) is 19.8. The highest BCUT2D eigenvalue weighted by molar-refractivity contribution is 8.00. The number of hydrogen-bond donors (Lipinski definition) is 4. The number of carbonyl (C=O) groups excluding carboxylic acids is 2. The Kier molecular flexibility index (Phi) is 5.80. The van der Waals surface area contributed by atoms with Gasteiger partial charge in [0.2, 0.25) is 5.91 Å². The number of hydrogen-bond acceptors (Lipinski definition) is 7. The Hall–Kier alpha value is -3.05. The van der Waals surface area contributed by atoms with Gasteiger partial charge in [0.15, 0.2) is 6.61 Å². The lowest BCUT2D eigenvalue weighted by molar-refractivity contribution is -0.150. The SMILES string of the molecule is CC1C=C(C(=O)O)N2C(=O)C(NC(=O)C(N)c3ccc(OCC(=O)O)cc3)[C@@H]2S1. The van der Waals surface area contributed by atoms with Crippen LogP contribution < -0.4 is 15.8 Å². The molecule has 2 aliphatic rings. The van der Waals surface area contributed by atoms with Crippen LogP contribution in [0.1, 0.15) is 18.5 Å². The van der Waals surface area contributed by atoms with Crippen LogP contribution in [0.15, 0.2) is 36.0 Å². The highest BCUT2D eigenvalue weighted by Crippen LogP contribution is 2.40. The van der Waals surface area contributed by atoms with Crippen molar-refractivity contribution in [2.75, 3.05) is 6.61 Å². The zero-order valence-electron chi connectivity index (χ0n) is 15.3. The number of thioether (sulfide) groups is 1. The number of ether oxygens (including phenoxy) is 1. The number of nitrogens with two attached hydrogens (primary N) is 1. The molecule has 0 radical (unpaired) electrons. The van der Waals surface area contributed by atoms with Crippen molar-refractivity contribution in [3.63, 3.8) is 0 Å². The second-order valence-corrected chi connectivity index (χ2v) is 8.01. The fraction of sp³-hybridized carbons (Fsp3) is 0.333. The van der Waals surface area contributed by atoms with E-state index in [1.807, 2.05) is 6.92 Å². The van der Waals surface area contributed by atoms with E-state index >= 15 is 0 Å². The second-order valence-electron chi connectivity index (χ2n) is 6.51. The number of amides is 2. The van der Waals surface area contributed by atoms with Gasteiger partial charge >= 0.3 is 11.9 Å². The minimum atomic E-state index is -1.19. The highest BCUT2D eigenvalue weighted by Gasteiger charge is 2.54. The van der Waals surface area contributed by atoms with Gasteiger partial charge in [-0.2, -0.15) is 0 Å². The van der Waals surface area contributed by atoms with E-state index in [4.69, 9.17) is 15.6 Å². The fourth-order valence-electron chi connectivity index (χ4n) is 3.04. The van der Waals surface area contributed by atoms with Gasteiger partial charge in [0.25, 0.3) is 5.91 Å². The van der Waals surface area contributed by atoms with Crippen molar-refractivity contribution >= 4 is 35.5 Å². The molecule has 29 heavy (non-hydrogen) atoms. The maximum absolute atomic E-state index is 12.5. The van der Waals surface area contributed by atoms with Gasteiger partial charge in [-0.3, -0.25) is 14.5 Å². The van der Waals surface area contributed by atoms with E-state index in [0.29, 0.717) is 11.3 Å². The summed E-state index contributed by atoms with van der Waals surface area (Å²) >= 11 is 1.37. The molecule has 154 valence electrons. The van der Waals surface area contributed by atoms with Crippen molar-refractivity contribution in [1.82, 2.24) is 10.2 Å². The van der Waals surface area contributed by atoms with Crippen LogP contribution in [0.2, 0.25) is 0 Å². The van der Waals surface area contributed by atoms with Crippen LogP contribution in [0.25, 0.3) is 0 Å². The molecule has 1 aromatic rings. The van der Waals surface area contributed by atoms with E-state index in [-0.39, 0.29) is 10.9 Å². The van der Waals surface area contributed by atoms with Gasteiger partial charge in [-0.25, -0.2) is 9.59 Å². The molecule has 3 rings (SSSR count). The minimum absolute atomic E-state index is 0.0852. The molecule has 2 amide bonds. The number of nitrogens with zero attached hydrogens (tertiary/aromatic N) is 1. The van der Waals surface area contributed by atoms with Gasteiger partial charge in [0.05, 0.1) is 0 Å². The van der Waals surface area contributed by atoms with Crippen LogP contribution in [0.4, 0.5) is 0 Å². The van der Waals surface area contributed by atoms with Gasteiger partial charge in [-0.1, -0.05) is 12.1 Å². The topological polar surface area (TPSA) is 159 Å². The van der Waals surface area contributed by atoms with Crippen molar-refractivity contribution in [1.29, 1.82) is 0 Å². The summed E-state index contributed by atoms with van der Waals surface area (Å²) in [6.07, 6.45) is 1.50. The van der Waals surface area contributed by atoms with Gasteiger partial charge in [0, 0.05) is 5.25 Å². The number of benzene rings is 1. The zero-order valence-corrected chi connectivity index (χ0v) is 16.1. The number of fused-ring (bicyclic) bond motifs is 1.